The third kappa shape index (κ3) is 4.24. The predicted octanol–water partition coefficient (Wildman–Crippen LogP) is -0.263. The number of aliphatic hydroxyl groups is 4. The summed E-state index contributed by atoms with van der Waals surface area (Å²) in [5.41, 5.74) is 0. The number of ether oxygens (including phenoxy) is 1. The van der Waals surface area contributed by atoms with E-state index in [9.17, 15) is 20.4 Å². The van der Waals surface area contributed by atoms with E-state index >= 15 is 0 Å². The standard InChI is InChI=1S/C11H20O5S/c12-8-7(5-3-1-2-4-6-17)16-11(15)10(14)9(8)13/h6-15H,1-5H2/t7-,8+,9+,10-,11?/m1/s1. The van der Waals surface area contributed by atoms with Crippen molar-refractivity contribution in [3.8, 4) is 0 Å². The van der Waals surface area contributed by atoms with Crippen molar-refractivity contribution in [3.63, 3.8) is 0 Å². The summed E-state index contributed by atoms with van der Waals surface area (Å²) in [4.78, 5) is 0. The first-order chi connectivity index (χ1) is 8.07. The Morgan fingerprint density at radius 2 is 1.65 bits per heavy atom. The molecule has 0 spiro atoms. The molecule has 1 rings (SSSR count). The second-order valence-corrected chi connectivity index (χ2v) is 4.67. The maximum Gasteiger partial charge on any atom is 0.183 e. The first-order valence-corrected chi connectivity index (χ1v) is 6.36. The van der Waals surface area contributed by atoms with Crippen LogP contribution in [-0.4, -0.2) is 56.5 Å². The van der Waals surface area contributed by atoms with Gasteiger partial charge in [0.15, 0.2) is 6.29 Å². The first kappa shape index (κ1) is 14.9. The summed E-state index contributed by atoms with van der Waals surface area (Å²) in [6, 6.07) is 0. The molecule has 1 saturated heterocycles. The zero-order valence-electron chi connectivity index (χ0n) is 9.60. The van der Waals surface area contributed by atoms with Crippen LogP contribution in [0.2, 0.25) is 0 Å². The van der Waals surface area contributed by atoms with Crippen LogP contribution in [0.4, 0.5) is 0 Å². The van der Waals surface area contributed by atoms with Gasteiger partial charge in [-0.25, -0.2) is 0 Å². The van der Waals surface area contributed by atoms with Crippen molar-refractivity contribution in [2.24, 2.45) is 0 Å². The molecule has 0 aliphatic carbocycles. The molecule has 0 aromatic carbocycles. The van der Waals surface area contributed by atoms with Crippen LogP contribution in [0.3, 0.4) is 0 Å². The van der Waals surface area contributed by atoms with E-state index in [1.807, 2.05) is 0 Å². The number of unbranched alkanes of at least 4 members (excludes halogenated alkanes) is 3. The lowest BCUT2D eigenvalue weighted by Gasteiger charge is -2.38. The second-order valence-electron chi connectivity index (χ2n) is 4.34. The van der Waals surface area contributed by atoms with E-state index in [0.717, 1.165) is 25.7 Å². The zero-order valence-corrected chi connectivity index (χ0v) is 10.4. The molecule has 1 aliphatic rings. The summed E-state index contributed by atoms with van der Waals surface area (Å²) >= 11 is 4.71. The van der Waals surface area contributed by atoms with Gasteiger partial charge in [0, 0.05) is 0 Å². The summed E-state index contributed by atoms with van der Waals surface area (Å²) in [6.07, 6.45) is -1.84. The Morgan fingerprint density at radius 1 is 0.941 bits per heavy atom. The monoisotopic (exact) mass is 264 g/mol. The Hall–Kier alpha value is -0.110. The molecule has 0 aromatic heterocycles. The summed E-state index contributed by atoms with van der Waals surface area (Å²) in [5, 5.41) is 39.4. The van der Waals surface area contributed by atoms with E-state index in [-0.39, 0.29) is 0 Å². The molecule has 0 bridgehead atoms. The Balaban J connectivity index is 2.30. The van der Waals surface area contributed by atoms with Crippen LogP contribution in [0.1, 0.15) is 32.1 Å². The van der Waals surface area contributed by atoms with Gasteiger partial charge in [-0.15, -0.1) is 0 Å². The molecule has 0 aromatic rings. The van der Waals surface area contributed by atoms with Crippen molar-refractivity contribution < 1.29 is 25.2 Å². The highest BCUT2D eigenvalue weighted by atomic mass is 32.1. The average molecular weight is 264 g/mol. The van der Waals surface area contributed by atoms with E-state index in [1.54, 1.807) is 5.37 Å². The lowest BCUT2D eigenvalue weighted by atomic mass is 9.95. The molecule has 5 atom stereocenters. The largest absolute Gasteiger partial charge is 0.388 e. The molecule has 1 unspecified atom stereocenters. The lowest BCUT2D eigenvalue weighted by molar-refractivity contribution is -0.282. The highest BCUT2D eigenvalue weighted by Crippen LogP contribution is 2.23. The topological polar surface area (TPSA) is 90.2 Å². The predicted molar refractivity (Wildman–Crippen MR) is 65.6 cm³/mol. The first-order valence-electron chi connectivity index (χ1n) is 5.89. The van der Waals surface area contributed by atoms with E-state index in [1.165, 1.54) is 0 Å². The van der Waals surface area contributed by atoms with Crippen LogP contribution in [0.15, 0.2) is 0 Å². The smallest absolute Gasteiger partial charge is 0.183 e. The molecule has 100 valence electrons. The summed E-state index contributed by atoms with van der Waals surface area (Å²) in [7, 11) is 0. The average Bonchev–Trinajstić information content (AvgIpc) is 2.32. The van der Waals surface area contributed by atoms with Gasteiger partial charge in [-0.1, -0.05) is 25.1 Å². The fraction of sp³-hybridized carbons (Fsp3) is 0.909. The number of aliphatic hydroxyl groups excluding tert-OH is 4. The van der Waals surface area contributed by atoms with Crippen LogP contribution in [0, 0.1) is 0 Å². The molecule has 17 heavy (non-hydrogen) atoms. The van der Waals surface area contributed by atoms with Crippen molar-refractivity contribution in [2.45, 2.75) is 62.8 Å². The normalized spacial score (nSPS) is 38.0. The van der Waals surface area contributed by atoms with Crippen LogP contribution in [0.5, 0.6) is 0 Å². The Morgan fingerprint density at radius 3 is 2.29 bits per heavy atom. The molecule has 1 aliphatic heterocycles. The summed E-state index contributed by atoms with van der Waals surface area (Å²) in [5.74, 6) is 0. The number of hydrogen-bond donors (Lipinski definition) is 4. The lowest BCUT2D eigenvalue weighted by Crippen LogP contribution is -2.57. The zero-order chi connectivity index (χ0) is 12.8. The van der Waals surface area contributed by atoms with Gasteiger partial charge < -0.3 is 25.2 Å². The molecular formula is C11H20O5S. The molecule has 5 nitrogen and oxygen atoms in total. The molecule has 0 amide bonds. The summed E-state index contributed by atoms with van der Waals surface area (Å²) < 4.78 is 5.05. The maximum absolute atomic E-state index is 9.66. The van der Waals surface area contributed by atoms with Crippen molar-refractivity contribution in [1.82, 2.24) is 0 Å². The molecule has 1 heterocycles. The quantitative estimate of drug-likeness (QED) is 0.390. The molecule has 0 saturated carbocycles. The van der Waals surface area contributed by atoms with Gasteiger partial charge in [0.2, 0.25) is 0 Å². The summed E-state index contributed by atoms with van der Waals surface area (Å²) in [6.45, 7) is 0. The molecule has 0 radical (unpaired) electrons. The van der Waals surface area contributed by atoms with Gasteiger partial charge in [0.1, 0.15) is 18.3 Å². The maximum atomic E-state index is 9.66. The third-order valence-electron chi connectivity index (χ3n) is 3.00. The van der Waals surface area contributed by atoms with Crippen molar-refractivity contribution in [2.75, 3.05) is 0 Å². The Bertz CT molecular complexity index is 238. The number of thiocarbonyl (C=S) groups is 1. The van der Waals surface area contributed by atoms with Gasteiger partial charge in [-0.2, -0.15) is 0 Å². The van der Waals surface area contributed by atoms with E-state index in [0.29, 0.717) is 6.42 Å². The van der Waals surface area contributed by atoms with Gasteiger partial charge >= 0.3 is 0 Å². The van der Waals surface area contributed by atoms with E-state index in [2.05, 4.69) is 0 Å². The second kappa shape index (κ2) is 7.35. The molecule has 4 N–H and O–H groups in total. The van der Waals surface area contributed by atoms with Gasteiger partial charge in [0.05, 0.1) is 6.10 Å². The molecule has 6 heteroatoms. The minimum absolute atomic E-state index is 0.541. The van der Waals surface area contributed by atoms with Gasteiger partial charge in [0.25, 0.3) is 0 Å². The van der Waals surface area contributed by atoms with Crippen molar-refractivity contribution >= 4 is 17.6 Å². The van der Waals surface area contributed by atoms with Crippen molar-refractivity contribution in [1.29, 1.82) is 0 Å². The van der Waals surface area contributed by atoms with Crippen LogP contribution in [0.25, 0.3) is 0 Å². The van der Waals surface area contributed by atoms with E-state index in [4.69, 9.17) is 17.0 Å². The fourth-order valence-corrected chi connectivity index (χ4v) is 2.09. The highest BCUT2D eigenvalue weighted by Gasteiger charge is 2.42. The Kier molecular flexibility index (Phi) is 6.47. The van der Waals surface area contributed by atoms with Crippen molar-refractivity contribution in [3.05, 3.63) is 0 Å². The van der Waals surface area contributed by atoms with Crippen LogP contribution < -0.4 is 0 Å². The fourth-order valence-electron chi connectivity index (χ4n) is 1.92. The highest BCUT2D eigenvalue weighted by molar-refractivity contribution is 7.78. The SMILES string of the molecule is OC1O[C@H](CCCCCC=S)[C@H](O)[C@H](O)[C@H]1O. The van der Waals surface area contributed by atoms with Crippen LogP contribution in [-0.2, 0) is 4.74 Å². The number of hydrogen-bond acceptors (Lipinski definition) is 6. The number of rotatable bonds is 6. The third-order valence-corrected chi connectivity index (χ3v) is 3.23. The minimum Gasteiger partial charge on any atom is -0.388 e. The minimum atomic E-state index is -1.45. The molecule has 1 fully saturated rings. The van der Waals surface area contributed by atoms with E-state index < -0.39 is 30.7 Å². The van der Waals surface area contributed by atoms with Crippen LogP contribution >= 0.6 is 12.2 Å². The molecular weight excluding hydrogens is 244 g/mol. The van der Waals surface area contributed by atoms with Gasteiger partial charge in [-0.05, 0) is 24.6 Å². The van der Waals surface area contributed by atoms with Gasteiger partial charge in [-0.3, -0.25) is 0 Å². The Labute approximate surface area is 106 Å².